The number of anilines is 1. The number of aromatic nitrogens is 3. The summed E-state index contributed by atoms with van der Waals surface area (Å²) in [6.45, 7) is 7.20. The maximum atomic E-state index is 12.0. The van der Waals surface area contributed by atoms with Crippen LogP contribution < -0.4 is 11.1 Å². The van der Waals surface area contributed by atoms with E-state index in [1.807, 2.05) is 31.5 Å². The second kappa shape index (κ2) is 6.39. The molecule has 2 rings (SSSR count). The Bertz CT molecular complexity index is 627. The van der Waals surface area contributed by atoms with E-state index in [0.717, 1.165) is 30.0 Å². The summed E-state index contributed by atoms with van der Waals surface area (Å²) in [6, 6.07) is 5.36. The molecule has 0 aromatic carbocycles. The number of nitrogens with two attached hydrogens (primary N) is 1. The number of hydrogen-bond donors (Lipinski definition) is 2. The van der Waals surface area contributed by atoms with E-state index in [9.17, 15) is 4.79 Å². The molecule has 2 heterocycles. The van der Waals surface area contributed by atoms with Crippen LogP contribution in [0.3, 0.4) is 0 Å². The normalized spacial score (nSPS) is 10.6. The molecule has 1 amide bonds. The smallest absolute Gasteiger partial charge is 0.251 e. The van der Waals surface area contributed by atoms with Crippen LogP contribution in [0.25, 0.3) is 0 Å². The second-order valence-electron chi connectivity index (χ2n) is 5.18. The Morgan fingerprint density at radius 2 is 2.00 bits per heavy atom. The number of nitrogen functional groups attached to an aromatic ring is 1. The van der Waals surface area contributed by atoms with Gasteiger partial charge in [0.15, 0.2) is 0 Å². The molecule has 3 N–H and O–H groups in total. The van der Waals surface area contributed by atoms with Crippen LogP contribution >= 0.6 is 0 Å². The molecule has 0 aliphatic heterocycles. The lowest BCUT2D eigenvalue weighted by Crippen LogP contribution is -2.25. The molecule has 0 radical (unpaired) electrons. The van der Waals surface area contributed by atoms with Crippen molar-refractivity contribution in [3.63, 3.8) is 0 Å². The molecule has 0 atom stereocenters. The third-order valence-corrected chi connectivity index (χ3v) is 3.17. The minimum Gasteiger partial charge on any atom is -0.384 e. The van der Waals surface area contributed by atoms with Gasteiger partial charge in [-0.2, -0.15) is 5.10 Å². The minimum atomic E-state index is -0.124. The zero-order valence-electron chi connectivity index (χ0n) is 12.7. The summed E-state index contributed by atoms with van der Waals surface area (Å²) in [5, 5.41) is 7.27. The average Bonchev–Trinajstić information content (AvgIpc) is 2.71. The number of carbonyl (C=O) groups excluding carboxylic acids is 1. The van der Waals surface area contributed by atoms with Gasteiger partial charge in [0.2, 0.25) is 0 Å². The van der Waals surface area contributed by atoms with Crippen molar-refractivity contribution in [2.24, 2.45) is 0 Å². The van der Waals surface area contributed by atoms with Crippen molar-refractivity contribution < 1.29 is 4.79 Å². The Hall–Kier alpha value is -2.37. The van der Waals surface area contributed by atoms with Crippen LogP contribution in [0.15, 0.2) is 18.2 Å². The number of hydrogen-bond acceptors (Lipinski definition) is 4. The number of nitrogens with one attached hydrogen (secondary N) is 1. The molecule has 0 saturated carbocycles. The molecule has 6 nitrogen and oxygen atoms in total. The first-order chi connectivity index (χ1) is 9.95. The quantitative estimate of drug-likeness (QED) is 0.818. The van der Waals surface area contributed by atoms with Crippen LogP contribution in [0.2, 0.25) is 0 Å². The summed E-state index contributed by atoms with van der Waals surface area (Å²) in [4.78, 5) is 16.1. The predicted molar refractivity (Wildman–Crippen MR) is 82.0 cm³/mol. The number of nitrogens with zero attached hydrogens (tertiary/aromatic N) is 3. The highest BCUT2D eigenvalue weighted by Crippen LogP contribution is 2.07. The Kier molecular flexibility index (Phi) is 4.57. The highest BCUT2D eigenvalue weighted by atomic mass is 16.1. The lowest BCUT2D eigenvalue weighted by atomic mass is 10.2. The topological polar surface area (TPSA) is 85.8 Å². The first-order valence-electron chi connectivity index (χ1n) is 6.99. The molecule has 0 aliphatic carbocycles. The molecule has 0 saturated heterocycles. The fourth-order valence-corrected chi connectivity index (χ4v) is 2.26. The first kappa shape index (κ1) is 15.0. The van der Waals surface area contributed by atoms with Crippen LogP contribution in [0.4, 0.5) is 5.82 Å². The van der Waals surface area contributed by atoms with Gasteiger partial charge in [-0.1, -0.05) is 0 Å². The van der Waals surface area contributed by atoms with Gasteiger partial charge < -0.3 is 11.1 Å². The number of pyridine rings is 1. The van der Waals surface area contributed by atoms with E-state index in [1.165, 1.54) is 0 Å². The van der Waals surface area contributed by atoms with Gasteiger partial charge in [-0.15, -0.1) is 0 Å². The van der Waals surface area contributed by atoms with Gasteiger partial charge in [-0.05, 0) is 45.4 Å². The second-order valence-corrected chi connectivity index (χ2v) is 5.18. The maximum Gasteiger partial charge on any atom is 0.251 e. The summed E-state index contributed by atoms with van der Waals surface area (Å²) in [6.07, 6.45) is 0.827. The van der Waals surface area contributed by atoms with Gasteiger partial charge in [0.05, 0.1) is 5.69 Å². The monoisotopic (exact) mass is 287 g/mol. The summed E-state index contributed by atoms with van der Waals surface area (Å²) < 4.78 is 1.95. The molecular formula is C15H21N5O. The fraction of sp³-hybridized carbons (Fsp3) is 0.400. The molecule has 21 heavy (non-hydrogen) atoms. The van der Waals surface area contributed by atoms with Gasteiger partial charge in [-0.25, -0.2) is 4.98 Å². The Morgan fingerprint density at radius 1 is 1.24 bits per heavy atom. The van der Waals surface area contributed by atoms with Gasteiger partial charge in [0.1, 0.15) is 5.82 Å². The van der Waals surface area contributed by atoms with Crippen molar-refractivity contribution in [1.82, 2.24) is 20.1 Å². The van der Waals surface area contributed by atoms with Crippen molar-refractivity contribution in [2.45, 2.75) is 33.7 Å². The lowest BCUT2D eigenvalue weighted by molar-refractivity contribution is 0.0952. The van der Waals surface area contributed by atoms with Crippen LogP contribution in [-0.4, -0.2) is 27.2 Å². The lowest BCUT2D eigenvalue weighted by Gasteiger charge is -2.07. The zero-order valence-corrected chi connectivity index (χ0v) is 12.7. The third kappa shape index (κ3) is 4.05. The summed E-state index contributed by atoms with van der Waals surface area (Å²) in [5.74, 6) is 0.239. The van der Waals surface area contributed by atoms with Gasteiger partial charge in [0.25, 0.3) is 5.91 Å². The van der Waals surface area contributed by atoms with Crippen LogP contribution in [0, 0.1) is 20.8 Å². The maximum absolute atomic E-state index is 12.0. The Labute approximate surface area is 124 Å². The molecule has 0 spiro atoms. The van der Waals surface area contributed by atoms with Crippen molar-refractivity contribution in [2.75, 3.05) is 12.3 Å². The van der Waals surface area contributed by atoms with Crippen molar-refractivity contribution in [1.29, 1.82) is 0 Å². The molecule has 0 unspecified atom stereocenters. The average molecular weight is 287 g/mol. The van der Waals surface area contributed by atoms with E-state index in [-0.39, 0.29) is 5.91 Å². The van der Waals surface area contributed by atoms with Crippen molar-refractivity contribution >= 4 is 11.7 Å². The third-order valence-electron chi connectivity index (χ3n) is 3.17. The van der Waals surface area contributed by atoms with E-state index in [1.54, 1.807) is 12.1 Å². The van der Waals surface area contributed by atoms with E-state index in [0.29, 0.717) is 17.9 Å². The number of rotatable bonds is 5. The molecule has 6 heteroatoms. The predicted octanol–water partition coefficient (Wildman–Crippen LogP) is 1.61. The van der Waals surface area contributed by atoms with E-state index < -0.39 is 0 Å². The molecule has 112 valence electrons. The summed E-state index contributed by atoms with van der Waals surface area (Å²) in [5.41, 5.74) is 9.08. The molecule has 0 fully saturated rings. The first-order valence-corrected chi connectivity index (χ1v) is 6.99. The van der Waals surface area contributed by atoms with Crippen molar-refractivity contribution in [3.8, 4) is 0 Å². The number of carbonyl (C=O) groups is 1. The fourth-order valence-electron chi connectivity index (χ4n) is 2.26. The largest absolute Gasteiger partial charge is 0.384 e. The van der Waals surface area contributed by atoms with Crippen LogP contribution in [-0.2, 0) is 6.54 Å². The summed E-state index contributed by atoms with van der Waals surface area (Å²) >= 11 is 0. The number of amides is 1. The van der Waals surface area contributed by atoms with E-state index in [2.05, 4.69) is 15.4 Å². The Morgan fingerprint density at radius 3 is 2.62 bits per heavy atom. The van der Waals surface area contributed by atoms with E-state index >= 15 is 0 Å². The van der Waals surface area contributed by atoms with Gasteiger partial charge in [0, 0.05) is 30.0 Å². The highest BCUT2D eigenvalue weighted by Gasteiger charge is 2.07. The molecular weight excluding hydrogens is 266 g/mol. The molecule has 0 bridgehead atoms. The SMILES string of the molecule is Cc1cc(C(=O)NCCCn2nc(C)cc2C)cc(N)n1. The van der Waals surface area contributed by atoms with Gasteiger partial charge >= 0.3 is 0 Å². The zero-order chi connectivity index (χ0) is 15.4. The highest BCUT2D eigenvalue weighted by molar-refractivity contribution is 5.94. The molecule has 2 aromatic rings. The molecule has 2 aromatic heterocycles. The van der Waals surface area contributed by atoms with Crippen LogP contribution in [0.5, 0.6) is 0 Å². The van der Waals surface area contributed by atoms with Gasteiger partial charge in [-0.3, -0.25) is 9.48 Å². The van der Waals surface area contributed by atoms with Crippen LogP contribution in [0.1, 0.15) is 33.9 Å². The van der Waals surface area contributed by atoms with Crippen molar-refractivity contribution in [3.05, 3.63) is 40.8 Å². The molecule has 0 aliphatic rings. The standard InChI is InChI=1S/C15H21N5O/c1-10-8-13(9-14(16)18-10)15(21)17-5-4-6-20-12(3)7-11(2)19-20/h7-9H,4-6H2,1-3H3,(H2,16,18)(H,17,21). The minimum absolute atomic E-state index is 0.124. The Balaban J connectivity index is 1.83. The van der Waals surface area contributed by atoms with E-state index in [4.69, 9.17) is 5.73 Å². The number of aryl methyl sites for hydroxylation is 4. The summed E-state index contributed by atoms with van der Waals surface area (Å²) in [7, 11) is 0.